The van der Waals surface area contributed by atoms with E-state index in [1.54, 1.807) is 13.1 Å². The summed E-state index contributed by atoms with van der Waals surface area (Å²) in [5, 5.41) is 0. The molecule has 1 fully saturated rings. The van der Waals surface area contributed by atoms with Gasteiger partial charge in [-0.15, -0.1) is 0 Å². The summed E-state index contributed by atoms with van der Waals surface area (Å²) in [5.41, 5.74) is 2.64. The third kappa shape index (κ3) is 1.95. The lowest BCUT2D eigenvalue weighted by Gasteiger charge is -2.15. The maximum atomic E-state index is 11.4. The molecule has 3 nitrogen and oxygen atoms in total. The van der Waals surface area contributed by atoms with Gasteiger partial charge in [0.1, 0.15) is 5.82 Å². The minimum Gasteiger partial charge on any atom is -0.294 e. The quantitative estimate of drug-likeness (QED) is 0.788. The molecule has 0 atom stereocenters. The molecular formula is C16H16N2O. The molecule has 1 aliphatic carbocycles. The lowest BCUT2D eigenvalue weighted by molar-refractivity contribution is 0.101. The smallest absolute Gasteiger partial charge is 0.163 e. The first-order valence-corrected chi connectivity index (χ1v) is 6.54. The number of aryl methyl sites for hydroxylation is 1. The van der Waals surface area contributed by atoms with Gasteiger partial charge in [-0.05, 0) is 32.3 Å². The fraction of sp³-hybridized carbons (Fsp3) is 0.312. The van der Waals surface area contributed by atoms with Crippen LogP contribution in [0.25, 0.3) is 0 Å². The summed E-state index contributed by atoms with van der Waals surface area (Å²) in [6, 6.07) is 10.4. The van der Waals surface area contributed by atoms with Gasteiger partial charge in [0.05, 0.1) is 16.7 Å². The Morgan fingerprint density at radius 2 is 1.89 bits per heavy atom. The van der Waals surface area contributed by atoms with Crippen molar-refractivity contribution in [3.8, 4) is 0 Å². The molecule has 1 aromatic carbocycles. The number of aromatic nitrogens is 2. The van der Waals surface area contributed by atoms with Crippen LogP contribution in [0.5, 0.6) is 0 Å². The van der Waals surface area contributed by atoms with Crippen LogP contribution in [0.15, 0.2) is 36.5 Å². The van der Waals surface area contributed by atoms with E-state index in [9.17, 15) is 4.79 Å². The van der Waals surface area contributed by atoms with Crippen LogP contribution in [-0.4, -0.2) is 15.8 Å². The summed E-state index contributed by atoms with van der Waals surface area (Å²) in [6.07, 6.45) is 3.83. The highest BCUT2D eigenvalue weighted by atomic mass is 16.1. The molecule has 2 aromatic rings. The van der Waals surface area contributed by atoms with Gasteiger partial charge in [0.15, 0.2) is 5.78 Å². The molecule has 0 amide bonds. The van der Waals surface area contributed by atoms with Gasteiger partial charge in [0.25, 0.3) is 0 Å². The Hall–Kier alpha value is -2.03. The molecule has 19 heavy (non-hydrogen) atoms. The number of ketones is 1. The van der Waals surface area contributed by atoms with Gasteiger partial charge in [-0.25, -0.2) is 9.97 Å². The highest BCUT2D eigenvalue weighted by Crippen LogP contribution is 2.51. The van der Waals surface area contributed by atoms with Crippen molar-refractivity contribution in [1.29, 1.82) is 0 Å². The molecule has 3 rings (SSSR count). The standard InChI is InChI=1S/C16H16N2O/c1-11-14(12(2)19)10-17-15(18-11)16(8-9-16)13-6-4-3-5-7-13/h3-7,10H,8-9H2,1-2H3. The lowest BCUT2D eigenvalue weighted by atomic mass is 9.95. The van der Waals surface area contributed by atoms with E-state index in [2.05, 4.69) is 22.1 Å². The van der Waals surface area contributed by atoms with E-state index in [1.807, 2.05) is 25.1 Å². The summed E-state index contributed by atoms with van der Waals surface area (Å²) in [4.78, 5) is 20.4. The van der Waals surface area contributed by atoms with E-state index >= 15 is 0 Å². The summed E-state index contributed by atoms with van der Waals surface area (Å²) in [6.45, 7) is 3.43. The minimum absolute atomic E-state index is 0.0219. The monoisotopic (exact) mass is 252 g/mol. The molecular weight excluding hydrogens is 236 g/mol. The minimum atomic E-state index is -0.0264. The van der Waals surface area contributed by atoms with Crippen molar-refractivity contribution in [3.63, 3.8) is 0 Å². The van der Waals surface area contributed by atoms with Gasteiger partial charge in [-0.3, -0.25) is 4.79 Å². The fourth-order valence-corrected chi connectivity index (χ4v) is 2.57. The number of Topliss-reactive ketones (excluding diaryl/α,β-unsaturated/α-hetero) is 1. The molecule has 1 aromatic heterocycles. The van der Waals surface area contributed by atoms with Crippen LogP contribution < -0.4 is 0 Å². The molecule has 0 saturated heterocycles. The predicted molar refractivity (Wildman–Crippen MR) is 73.2 cm³/mol. The highest BCUT2D eigenvalue weighted by molar-refractivity contribution is 5.94. The number of rotatable bonds is 3. The Labute approximate surface area is 112 Å². The predicted octanol–water partition coefficient (Wildman–Crippen LogP) is 3.07. The van der Waals surface area contributed by atoms with Gasteiger partial charge < -0.3 is 0 Å². The molecule has 3 heteroatoms. The van der Waals surface area contributed by atoms with Crippen molar-refractivity contribution < 1.29 is 4.79 Å². The van der Waals surface area contributed by atoms with E-state index in [0.29, 0.717) is 5.56 Å². The SMILES string of the molecule is CC(=O)c1cnc(C2(c3ccccc3)CC2)nc1C. The topological polar surface area (TPSA) is 42.9 Å². The van der Waals surface area contributed by atoms with Crippen molar-refractivity contribution in [2.45, 2.75) is 32.1 Å². The summed E-state index contributed by atoms with van der Waals surface area (Å²) < 4.78 is 0. The van der Waals surface area contributed by atoms with Crippen LogP contribution in [0.3, 0.4) is 0 Å². The van der Waals surface area contributed by atoms with Crippen molar-refractivity contribution in [2.75, 3.05) is 0 Å². The first-order valence-electron chi connectivity index (χ1n) is 6.54. The zero-order valence-corrected chi connectivity index (χ0v) is 11.2. The first-order chi connectivity index (χ1) is 9.13. The van der Waals surface area contributed by atoms with Crippen LogP contribution in [0.2, 0.25) is 0 Å². The van der Waals surface area contributed by atoms with Gasteiger partial charge in [0, 0.05) is 6.20 Å². The van der Waals surface area contributed by atoms with Crippen molar-refractivity contribution in [1.82, 2.24) is 9.97 Å². The van der Waals surface area contributed by atoms with Crippen LogP contribution in [0.1, 0.15) is 47.2 Å². The largest absolute Gasteiger partial charge is 0.294 e. The third-order valence-electron chi connectivity index (χ3n) is 3.86. The zero-order valence-electron chi connectivity index (χ0n) is 11.2. The van der Waals surface area contributed by atoms with Crippen molar-refractivity contribution in [3.05, 3.63) is 59.2 Å². The Balaban J connectivity index is 2.04. The Morgan fingerprint density at radius 3 is 2.42 bits per heavy atom. The lowest BCUT2D eigenvalue weighted by Crippen LogP contribution is -2.15. The molecule has 1 saturated carbocycles. The Morgan fingerprint density at radius 1 is 1.21 bits per heavy atom. The first kappa shape index (κ1) is 12.0. The molecule has 0 unspecified atom stereocenters. The number of hydrogen-bond acceptors (Lipinski definition) is 3. The second kappa shape index (κ2) is 4.26. The van der Waals surface area contributed by atoms with Crippen molar-refractivity contribution >= 4 is 5.78 Å². The van der Waals surface area contributed by atoms with Gasteiger partial charge in [-0.1, -0.05) is 30.3 Å². The average molecular weight is 252 g/mol. The molecule has 0 N–H and O–H groups in total. The summed E-state index contributed by atoms with van der Waals surface area (Å²) in [7, 11) is 0. The van der Waals surface area contributed by atoms with E-state index < -0.39 is 0 Å². The van der Waals surface area contributed by atoms with Crippen LogP contribution in [-0.2, 0) is 5.41 Å². The Kier molecular flexibility index (Phi) is 2.70. The maximum absolute atomic E-state index is 11.4. The van der Waals surface area contributed by atoms with Gasteiger partial charge >= 0.3 is 0 Å². The molecule has 0 radical (unpaired) electrons. The zero-order chi connectivity index (χ0) is 13.5. The van der Waals surface area contributed by atoms with E-state index in [-0.39, 0.29) is 11.2 Å². The summed E-state index contributed by atoms with van der Waals surface area (Å²) in [5.74, 6) is 0.870. The maximum Gasteiger partial charge on any atom is 0.163 e. The molecule has 1 aliphatic rings. The number of carbonyl (C=O) groups is 1. The fourth-order valence-electron chi connectivity index (χ4n) is 2.57. The second-order valence-electron chi connectivity index (χ2n) is 5.20. The van der Waals surface area contributed by atoms with E-state index in [0.717, 1.165) is 24.4 Å². The number of benzene rings is 1. The van der Waals surface area contributed by atoms with Gasteiger partial charge in [0.2, 0.25) is 0 Å². The average Bonchev–Trinajstić information content (AvgIpc) is 3.20. The molecule has 0 spiro atoms. The highest BCUT2D eigenvalue weighted by Gasteiger charge is 2.48. The second-order valence-corrected chi connectivity index (χ2v) is 5.20. The molecule has 0 aliphatic heterocycles. The van der Waals surface area contributed by atoms with Crippen LogP contribution in [0.4, 0.5) is 0 Å². The number of carbonyl (C=O) groups excluding carboxylic acids is 1. The van der Waals surface area contributed by atoms with Gasteiger partial charge in [-0.2, -0.15) is 0 Å². The summed E-state index contributed by atoms with van der Waals surface area (Å²) >= 11 is 0. The van der Waals surface area contributed by atoms with E-state index in [1.165, 1.54) is 5.56 Å². The Bertz CT molecular complexity index is 630. The van der Waals surface area contributed by atoms with Crippen molar-refractivity contribution in [2.24, 2.45) is 0 Å². The third-order valence-corrected chi connectivity index (χ3v) is 3.86. The number of hydrogen-bond donors (Lipinski definition) is 0. The molecule has 1 heterocycles. The number of nitrogens with zero attached hydrogens (tertiary/aromatic N) is 2. The van der Waals surface area contributed by atoms with E-state index in [4.69, 9.17) is 0 Å². The molecule has 0 bridgehead atoms. The molecule has 96 valence electrons. The van der Waals surface area contributed by atoms with Crippen LogP contribution in [0, 0.1) is 6.92 Å². The normalized spacial score (nSPS) is 16.1. The van der Waals surface area contributed by atoms with Crippen LogP contribution >= 0.6 is 0 Å².